The Kier molecular flexibility index (Phi) is 4.19. The van der Waals surface area contributed by atoms with E-state index in [1.807, 2.05) is 0 Å². The fourth-order valence-electron chi connectivity index (χ4n) is 1.46. The molecule has 1 heterocycles. The van der Waals surface area contributed by atoms with Crippen LogP contribution in [-0.4, -0.2) is 21.2 Å². The number of thioether (sulfide) groups is 1. The van der Waals surface area contributed by atoms with Gasteiger partial charge in [0.15, 0.2) is 11.0 Å². The number of halogens is 4. The third-order valence-corrected chi connectivity index (χ3v) is 3.59. The average molecular weight is 365 g/mol. The summed E-state index contributed by atoms with van der Waals surface area (Å²) in [6.45, 7) is 0. The molecule has 0 unspecified atom stereocenters. The predicted octanol–water partition coefficient (Wildman–Crippen LogP) is 3.62. The number of alkyl halides is 3. The molecule has 9 heteroatoms. The zero-order valence-electron chi connectivity index (χ0n) is 10.1. The van der Waals surface area contributed by atoms with Gasteiger partial charge in [-0.05, 0) is 24.5 Å². The normalized spacial score (nSPS) is 11.7. The molecular weight excluding hydrogens is 357 g/mol. The summed E-state index contributed by atoms with van der Waals surface area (Å²) < 4.78 is 38.7. The Morgan fingerprint density at radius 2 is 1.90 bits per heavy atom. The fraction of sp³-hybridized carbons (Fsp3) is 0.182. The first-order valence-electron chi connectivity index (χ1n) is 5.24. The lowest BCUT2D eigenvalue weighted by Crippen LogP contribution is -2.06. The molecule has 0 fully saturated rings. The van der Waals surface area contributed by atoms with E-state index in [4.69, 9.17) is 5.73 Å². The van der Waals surface area contributed by atoms with E-state index in [0.29, 0.717) is 9.63 Å². The van der Waals surface area contributed by atoms with E-state index in [0.717, 1.165) is 12.1 Å². The molecule has 2 rings (SSSR count). The van der Waals surface area contributed by atoms with Crippen LogP contribution in [-0.2, 0) is 6.18 Å². The van der Waals surface area contributed by atoms with Crippen molar-refractivity contribution in [1.29, 1.82) is 0 Å². The molecule has 0 saturated heterocycles. The van der Waals surface area contributed by atoms with Crippen molar-refractivity contribution < 1.29 is 13.2 Å². The maximum Gasteiger partial charge on any atom is 0.416 e. The van der Waals surface area contributed by atoms with Crippen LogP contribution in [0.2, 0.25) is 0 Å². The molecule has 0 aliphatic heterocycles. The Labute approximate surface area is 125 Å². The second kappa shape index (κ2) is 5.57. The number of hydrogen-bond acceptors (Lipinski definition) is 5. The lowest BCUT2D eigenvalue weighted by Gasteiger charge is -2.10. The van der Waals surface area contributed by atoms with Crippen molar-refractivity contribution in [2.24, 2.45) is 0 Å². The van der Waals surface area contributed by atoms with Crippen LogP contribution < -0.4 is 5.73 Å². The van der Waals surface area contributed by atoms with E-state index in [9.17, 15) is 13.2 Å². The highest BCUT2D eigenvalue weighted by atomic mass is 79.9. The van der Waals surface area contributed by atoms with Crippen LogP contribution >= 0.6 is 27.7 Å². The van der Waals surface area contributed by atoms with Crippen LogP contribution in [0.15, 0.2) is 27.8 Å². The van der Waals surface area contributed by atoms with Gasteiger partial charge in [-0.1, -0.05) is 27.7 Å². The maximum absolute atomic E-state index is 12.7. The third kappa shape index (κ3) is 3.21. The third-order valence-electron chi connectivity index (χ3n) is 2.35. The quantitative estimate of drug-likeness (QED) is 0.824. The maximum atomic E-state index is 12.7. The van der Waals surface area contributed by atoms with Gasteiger partial charge in [0.25, 0.3) is 0 Å². The Morgan fingerprint density at radius 3 is 2.50 bits per heavy atom. The molecule has 0 radical (unpaired) electrons. The molecular formula is C11H8BrF3N4S. The van der Waals surface area contributed by atoms with Crippen molar-refractivity contribution in [3.05, 3.63) is 28.2 Å². The molecule has 2 aromatic rings. The number of nitrogen functional groups attached to an aromatic ring is 1. The summed E-state index contributed by atoms with van der Waals surface area (Å²) in [4.78, 5) is 11.8. The van der Waals surface area contributed by atoms with Crippen molar-refractivity contribution in [2.75, 3.05) is 12.0 Å². The number of nitrogens with two attached hydrogens (primary N) is 1. The highest BCUT2D eigenvalue weighted by Crippen LogP contribution is 2.35. The Bertz CT molecular complexity index is 648. The van der Waals surface area contributed by atoms with E-state index in [1.54, 1.807) is 6.26 Å². The predicted molar refractivity (Wildman–Crippen MR) is 74.2 cm³/mol. The number of rotatable bonds is 2. The first-order valence-corrected chi connectivity index (χ1v) is 7.25. The smallest absolute Gasteiger partial charge is 0.368 e. The van der Waals surface area contributed by atoms with Crippen LogP contribution in [0.25, 0.3) is 11.4 Å². The molecule has 0 atom stereocenters. The molecule has 0 aliphatic rings. The zero-order chi connectivity index (χ0) is 14.9. The molecule has 0 saturated carbocycles. The largest absolute Gasteiger partial charge is 0.416 e. The molecule has 1 aromatic carbocycles. The zero-order valence-corrected chi connectivity index (χ0v) is 12.5. The first kappa shape index (κ1) is 15.0. The summed E-state index contributed by atoms with van der Waals surface area (Å²) in [5.41, 5.74) is 4.97. The standard InChI is InChI=1S/C11H8BrF3N4S/c1-20-10-18-8(17-9(16)19-10)6-4-5(11(13,14)15)2-3-7(6)12/h2-4H,1H3,(H2,16,17,18,19). The topological polar surface area (TPSA) is 64.7 Å². The van der Waals surface area contributed by atoms with Crippen molar-refractivity contribution in [3.63, 3.8) is 0 Å². The highest BCUT2D eigenvalue weighted by Gasteiger charge is 2.31. The van der Waals surface area contributed by atoms with E-state index in [-0.39, 0.29) is 17.3 Å². The minimum Gasteiger partial charge on any atom is -0.368 e. The lowest BCUT2D eigenvalue weighted by atomic mass is 10.1. The van der Waals surface area contributed by atoms with Crippen molar-refractivity contribution >= 4 is 33.6 Å². The minimum absolute atomic E-state index is 0.0383. The molecule has 0 aliphatic carbocycles. The molecule has 0 spiro atoms. The summed E-state index contributed by atoms with van der Waals surface area (Å²) >= 11 is 4.42. The van der Waals surface area contributed by atoms with Gasteiger partial charge in [0.2, 0.25) is 5.95 Å². The van der Waals surface area contributed by atoms with Crippen molar-refractivity contribution in [1.82, 2.24) is 15.0 Å². The fourth-order valence-corrected chi connectivity index (χ4v) is 2.24. The average Bonchev–Trinajstić information content (AvgIpc) is 2.37. The minimum atomic E-state index is -4.43. The Hall–Kier alpha value is -1.35. The van der Waals surface area contributed by atoms with Crippen LogP contribution in [0.5, 0.6) is 0 Å². The molecule has 4 nitrogen and oxygen atoms in total. The molecule has 0 amide bonds. The van der Waals surface area contributed by atoms with E-state index in [2.05, 4.69) is 30.9 Å². The van der Waals surface area contributed by atoms with E-state index < -0.39 is 11.7 Å². The monoisotopic (exact) mass is 364 g/mol. The highest BCUT2D eigenvalue weighted by molar-refractivity contribution is 9.10. The van der Waals surface area contributed by atoms with Crippen LogP contribution in [0.3, 0.4) is 0 Å². The van der Waals surface area contributed by atoms with Gasteiger partial charge in [0.1, 0.15) is 0 Å². The Morgan fingerprint density at radius 1 is 1.20 bits per heavy atom. The summed E-state index contributed by atoms with van der Waals surface area (Å²) in [7, 11) is 0. The van der Waals surface area contributed by atoms with Crippen molar-refractivity contribution in [3.8, 4) is 11.4 Å². The molecule has 106 valence electrons. The number of hydrogen-bond donors (Lipinski definition) is 1. The molecule has 20 heavy (non-hydrogen) atoms. The van der Waals surface area contributed by atoms with Gasteiger partial charge < -0.3 is 5.73 Å². The molecule has 0 bridgehead atoms. The lowest BCUT2D eigenvalue weighted by molar-refractivity contribution is -0.137. The second-order valence-electron chi connectivity index (χ2n) is 3.70. The van der Waals surface area contributed by atoms with Crippen molar-refractivity contribution in [2.45, 2.75) is 11.3 Å². The van der Waals surface area contributed by atoms with Gasteiger partial charge in [-0.25, -0.2) is 4.98 Å². The second-order valence-corrected chi connectivity index (χ2v) is 5.32. The SMILES string of the molecule is CSc1nc(N)nc(-c2cc(C(F)(F)F)ccc2Br)n1. The van der Waals surface area contributed by atoms with Gasteiger partial charge >= 0.3 is 6.18 Å². The van der Waals surface area contributed by atoms with Gasteiger partial charge in [0.05, 0.1) is 5.56 Å². The summed E-state index contributed by atoms with van der Waals surface area (Å²) in [5, 5.41) is 0.344. The molecule has 1 aromatic heterocycles. The van der Waals surface area contributed by atoms with Gasteiger partial charge in [0, 0.05) is 10.0 Å². The number of nitrogens with zero attached hydrogens (tertiary/aromatic N) is 3. The summed E-state index contributed by atoms with van der Waals surface area (Å²) in [6, 6.07) is 3.26. The summed E-state index contributed by atoms with van der Waals surface area (Å²) in [5.74, 6) is 0.0588. The number of benzene rings is 1. The number of anilines is 1. The molecule has 2 N–H and O–H groups in total. The van der Waals surface area contributed by atoms with Crippen LogP contribution in [0, 0.1) is 0 Å². The van der Waals surface area contributed by atoms with Gasteiger partial charge in [-0.15, -0.1) is 0 Å². The Balaban J connectivity index is 2.60. The number of aromatic nitrogens is 3. The van der Waals surface area contributed by atoms with Gasteiger partial charge in [-0.2, -0.15) is 23.1 Å². The summed E-state index contributed by atoms with van der Waals surface area (Å²) in [6.07, 6.45) is -2.70. The van der Waals surface area contributed by atoms with Crippen LogP contribution in [0.1, 0.15) is 5.56 Å². The van der Waals surface area contributed by atoms with E-state index >= 15 is 0 Å². The first-order chi connectivity index (χ1) is 9.31. The van der Waals surface area contributed by atoms with Gasteiger partial charge in [-0.3, -0.25) is 0 Å². The van der Waals surface area contributed by atoms with Crippen LogP contribution in [0.4, 0.5) is 19.1 Å². The van der Waals surface area contributed by atoms with E-state index in [1.165, 1.54) is 17.8 Å².